The normalized spacial score (nSPS) is 22.9. The van der Waals surface area contributed by atoms with E-state index in [9.17, 15) is 0 Å². The molecular formula is C13H23N3O. The van der Waals surface area contributed by atoms with Gasteiger partial charge in [0.1, 0.15) is 5.76 Å². The number of nitrogens with one attached hydrogen (secondary N) is 1. The summed E-state index contributed by atoms with van der Waals surface area (Å²) in [6.07, 6.45) is 5.47. The maximum absolute atomic E-state index is 5.09. The molecule has 1 N–H and O–H groups in total. The number of hydrogen-bond acceptors (Lipinski definition) is 4. The molecule has 1 unspecified atom stereocenters. The molecule has 1 aliphatic heterocycles. The molecule has 96 valence electrons. The lowest BCUT2D eigenvalue weighted by Gasteiger charge is -2.24. The van der Waals surface area contributed by atoms with E-state index in [2.05, 4.69) is 29.2 Å². The number of rotatable bonds is 4. The maximum atomic E-state index is 5.09. The molecule has 1 fully saturated rings. The summed E-state index contributed by atoms with van der Waals surface area (Å²) < 4.78 is 5.09. The zero-order valence-electron chi connectivity index (χ0n) is 10.9. The quantitative estimate of drug-likeness (QED) is 0.870. The Balaban J connectivity index is 1.75. The summed E-state index contributed by atoms with van der Waals surface area (Å²) in [6.45, 7) is 7.79. The Kier molecular flexibility index (Phi) is 4.57. The van der Waals surface area contributed by atoms with Crippen LogP contribution in [-0.2, 0) is 6.54 Å². The van der Waals surface area contributed by atoms with E-state index < -0.39 is 0 Å². The van der Waals surface area contributed by atoms with Crippen LogP contribution in [0.5, 0.6) is 0 Å². The first-order valence-electron chi connectivity index (χ1n) is 6.62. The highest BCUT2D eigenvalue weighted by Gasteiger charge is 2.18. The number of nitrogens with zero attached hydrogens (tertiary/aromatic N) is 2. The minimum absolute atomic E-state index is 0.615. The van der Waals surface area contributed by atoms with Crippen molar-refractivity contribution >= 4 is 0 Å². The molecule has 17 heavy (non-hydrogen) atoms. The standard InChI is InChI=1S/C13H23N3O/c1-11(2)16-8-3-4-12(6-9-16)14-10-13-5-7-15-17-13/h5,7,11-12,14H,3-4,6,8-10H2,1-2H3. The molecule has 2 rings (SSSR count). The predicted molar refractivity (Wildman–Crippen MR) is 67.7 cm³/mol. The van der Waals surface area contributed by atoms with E-state index in [-0.39, 0.29) is 0 Å². The molecule has 1 atom stereocenters. The van der Waals surface area contributed by atoms with Gasteiger partial charge in [-0.2, -0.15) is 0 Å². The highest BCUT2D eigenvalue weighted by molar-refractivity contribution is 4.92. The van der Waals surface area contributed by atoms with Gasteiger partial charge < -0.3 is 14.7 Å². The van der Waals surface area contributed by atoms with Gasteiger partial charge in [-0.25, -0.2) is 0 Å². The fourth-order valence-electron chi connectivity index (χ4n) is 2.42. The number of hydrogen-bond donors (Lipinski definition) is 1. The van der Waals surface area contributed by atoms with E-state index >= 15 is 0 Å². The summed E-state index contributed by atoms with van der Waals surface area (Å²) >= 11 is 0. The first-order chi connectivity index (χ1) is 8.25. The van der Waals surface area contributed by atoms with Gasteiger partial charge in [0.05, 0.1) is 12.7 Å². The molecule has 0 radical (unpaired) electrons. The highest BCUT2D eigenvalue weighted by Crippen LogP contribution is 2.13. The van der Waals surface area contributed by atoms with Crippen molar-refractivity contribution in [2.45, 2.75) is 51.7 Å². The van der Waals surface area contributed by atoms with Crippen molar-refractivity contribution in [1.82, 2.24) is 15.4 Å². The van der Waals surface area contributed by atoms with E-state index in [4.69, 9.17) is 4.52 Å². The van der Waals surface area contributed by atoms with Crippen molar-refractivity contribution in [3.05, 3.63) is 18.0 Å². The average molecular weight is 237 g/mol. The topological polar surface area (TPSA) is 41.3 Å². The Labute approximate surface area is 103 Å². The molecule has 1 aliphatic rings. The largest absolute Gasteiger partial charge is 0.360 e. The molecule has 4 heteroatoms. The van der Waals surface area contributed by atoms with Gasteiger partial charge in [-0.3, -0.25) is 0 Å². The molecule has 2 heterocycles. The van der Waals surface area contributed by atoms with Crippen LogP contribution in [0.25, 0.3) is 0 Å². The molecular weight excluding hydrogens is 214 g/mol. The van der Waals surface area contributed by atoms with E-state index in [1.54, 1.807) is 6.20 Å². The molecule has 0 amide bonds. The van der Waals surface area contributed by atoms with Crippen LogP contribution in [0.3, 0.4) is 0 Å². The zero-order valence-corrected chi connectivity index (χ0v) is 10.9. The van der Waals surface area contributed by atoms with Crippen molar-refractivity contribution in [1.29, 1.82) is 0 Å². The van der Waals surface area contributed by atoms with Crippen molar-refractivity contribution in [2.24, 2.45) is 0 Å². The second-order valence-electron chi connectivity index (χ2n) is 5.12. The minimum Gasteiger partial charge on any atom is -0.360 e. The third-order valence-corrected chi connectivity index (χ3v) is 3.55. The van der Waals surface area contributed by atoms with Gasteiger partial charge in [0.2, 0.25) is 0 Å². The molecule has 0 aliphatic carbocycles. The molecule has 0 bridgehead atoms. The molecule has 0 saturated carbocycles. The van der Waals surface area contributed by atoms with Crippen LogP contribution in [0.4, 0.5) is 0 Å². The summed E-state index contributed by atoms with van der Waals surface area (Å²) in [6, 6.07) is 3.20. The van der Waals surface area contributed by atoms with Crippen LogP contribution in [0.1, 0.15) is 38.9 Å². The molecule has 0 aromatic carbocycles. The van der Waals surface area contributed by atoms with E-state index in [0.29, 0.717) is 12.1 Å². The smallest absolute Gasteiger partial charge is 0.150 e. The fourth-order valence-corrected chi connectivity index (χ4v) is 2.42. The molecule has 1 aromatic rings. The predicted octanol–water partition coefficient (Wildman–Crippen LogP) is 2.03. The van der Waals surface area contributed by atoms with Crippen molar-refractivity contribution in [3.63, 3.8) is 0 Å². The Morgan fingerprint density at radius 2 is 2.35 bits per heavy atom. The molecule has 4 nitrogen and oxygen atoms in total. The van der Waals surface area contributed by atoms with Crippen LogP contribution in [0.2, 0.25) is 0 Å². The summed E-state index contributed by atoms with van der Waals surface area (Å²) in [7, 11) is 0. The number of aromatic nitrogens is 1. The Bertz CT molecular complexity index is 310. The summed E-state index contributed by atoms with van der Waals surface area (Å²) in [5.41, 5.74) is 0. The van der Waals surface area contributed by atoms with Crippen LogP contribution >= 0.6 is 0 Å². The van der Waals surface area contributed by atoms with Crippen LogP contribution < -0.4 is 5.32 Å². The Morgan fingerprint density at radius 1 is 1.47 bits per heavy atom. The first kappa shape index (κ1) is 12.6. The van der Waals surface area contributed by atoms with E-state index in [1.807, 2.05) is 6.07 Å². The van der Waals surface area contributed by atoms with Gasteiger partial charge in [-0.1, -0.05) is 5.16 Å². The Hall–Kier alpha value is -0.870. The molecule has 1 saturated heterocycles. The lowest BCUT2D eigenvalue weighted by atomic mass is 10.1. The maximum Gasteiger partial charge on any atom is 0.150 e. The second kappa shape index (κ2) is 6.17. The fraction of sp³-hybridized carbons (Fsp3) is 0.769. The van der Waals surface area contributed by atoms with Gasteiger partial charge in [0, 0.05) is 18.2 Å². The van der Waals surface area contributed by atoms with Gasteiger partial charge in [0.15, 0.2) is 0 Å². The second-order valence-corrected chi connectivity index (χ2v) is 5.12. The Morgan fingerprint density at radius 3 is 3.06 bits per heavy atom. The van der Waals surface area contributed by atoms with Crippen LogP contribution in [0, 0.1) is 0 Å². The highest BCUT2D eigenvalue weighted by atomic mass is 16.5. The molecule has 1 aromatic heterocycles. The van der Waals surface area contributed by atoms with Gasteiger partial charge in [0.25, 0.3) is 0 Å². The van der Waals surface area contributed by atoms with E-state index in [1.165, 1.54) is 32.4 Å². The summed E-state index contributed by atoms with van der Waals surface area (Å²) in [5.74, 6) is 0.926. The van der Waals surface area contributed by atoms with Crippen molar-refractivity contribution in [2.75, 3.05) is 13.1 Å². The minimum atomic E-state index is 0.615. The SMILES string of the molecule is CC(C)N1CCCC(NCc2ccno2)CC1. The monoisotopic (exact) mass is 237 g/mol. The van der Waals surface area contributed by atoms with Gasteiger partial charge in [-0.05, 0) is 46.2 Å². The lowest BCUT2D eigenvalue weighted by Crippen LogP contribution is -2.33. The van der Waals surface area contributed by atoms with E-state index in [0.717, 1.165) is 12.3 Å². The summed E-state index contributed by atoms with van der Waals surface area (Å²) in [4.78, 5) is 2.57. The lowest BCUT2D eigenvalue weighted by molar-refractivity contribution is 0.228. The van der Waals surface area contributed by atoms with Crippen LogP contribution in [-0.4, -0.2) is 35.2 Å². The average Bonchev–Trinajstić information content (AvgIpc) is 2.70. The van der Waals surface area contributed by atoms with Crippen molar-refractivity contribution in [3.8, 4) is 0 Å². The van der Waals surface area contributed by atoms with Gasteiger partial charge in [-0.15, -0.1) is 0 Å². The third kappa shape index (κ3) is 3.82. The molecule has 0 spiro atoms. The van der Waals surface area contributed by atoms with Gasteiger partial charge >= 0.3 is 0 Å². The van der Waals surface area contributed by atoms with Crippen LogP contribution in [0.15, 0.2) is 16.8 Å². The van der Waals surface area contributed by atoms with Crippen molar-refractivity contribution < 1.29 is 4.52 Å². The first-order valence-corrected chi connectivity index (χ1v) is 6.62. The summed E-state index contributed by atoms with van der Waals surface area (Å²) in [5, 5.41) is 7.28. The third-order valence-electron chi connectivity index (χ3n) is 3.55. The number of likely N-dealkylation sites (tertiary alicyclic amines) is 1. The zero-order chi connectivity index (χ0) is 12.1.